The van der Waals surface area contributed by atoms with Gasteiger partial charge in [0.05, 0.1) is 23.4 Å². The van der Waals surface area contributed by atoms with Gasteiger partial charge in [-0.1, -0.05) is 0 Å². The molecule has 1 fully saturated rings. The molecule has 1 aliphatic carbocycles. The fourth-order valence-electron chi connectivity index (χ4n) is 3.35. The summed E-state index contributed by atoms with van der Waals surface area (Å²) in [6, 6.07) is 5.99. The number of aromatic nitrogens is 4. The Hall–Kier alpha value is -3.13. The Bertz CT molecular complexity index is 1040. The van der Waals surface area contributed by atoms with E-state index in [1.165, 1.54) is 12.8 Å². The summed E-state index contributed by atoms with van der Waals surface area (Å²) < 4.78 is 0. The molecule has 3 aromatic rings. The Morgan fingerprint density at radius 1 is 1.33 bits per heavy atom. The van der Waals surface area contributed by atoms with E-state index in [9.17, 15) is 0 Å². The van der Waals surface area contributed by atoms with E-state index in [1.807, 2.05) is 43.6 Å². The maximum atomic E-state index is 6.56. The first-order chi connectivity index (χ1) is 13.1. The molecule has 1 saturated carbocycles. The lowest BCUT2D eigenvalue weighted by atomic mass is 10.1. The van der Waals surface area contributed by atoms with Crippen molar-refractivity contribution in [1.82, 2.24) is 30.8 Å². The summed E-state index contributed by atoms with van der Waals surface area (Å²) in [6.45, 7) is 2.01. The summed E-state index contributed by atoms with van der Waals surface area (Å²) in [5.41, 5.74) is 9.48. The van der Waals surface area contributed by atoms with E-state index < -0.39 is 5.66 Å². The standard InChI is InChI=1S/C19H22N8/c1-11(14-8-13-4-6-21-16(13)10-23-14)24-18-22-7-5-19(20,25-18)17-9-15(26-27-17)12-2-3-12/h4-12,21H,2-3,20H2,1H3,(H,26,27)(H2,22,24,25). The first-order valence-corrected chi connectivity index (χ1v) is 9.19. The second kappa shape index (κ2) is 5.95. The van der Waals surface area contributed by atoms with Crippen LogP contribution in [0.1, 0.15) is 48.8 Å². The lowest BCUT2D eigenvalue weighted by Gasteiger charge is -2.31. The molecule has 5 rings (SSSR count). The van der Waals surface area contributed by atoms with Crippen LogP contribution in [-0.4, -0.2) is 26.1 Å². The number of aliphatic imine (C=N–C) groups is 1. The molecule has 4 heterocycles. The summed E-state index contributed by atoms with van der Waals surface area (Å²) in [5.74, 6) is 1.20. The predicted octanol–water partition coefficient (Wildman–Crippen LogP) is 2.10. The molecule has 8 nitrogen and oxygen atoms in total. The van der Waals surface area contributed by atoms with Crippen LogP contribution in [0.5, 0.6) is 0 Å². The number of pyridine rings is 1. The number of fused-ring (bicyclic) bond motifs is 1. The van der Waals surface area contributed by atoms with E-state index in [0.717, 1.165) is 28.0 Å². The molecule has 2 unspecified atom stereocenters. The Morgan fingerprint density at radius 2 is 2.22 bits per heavy atom. The van der Waals surface area contributed by atoms with Crippen LogP contribution in [0, 0.1) is 0 Å². The second-order valence-electron chi connectivity index (χ2n) is 7.28. The highest BCUT2D eigenvalue weighted by Gasteiger charge is 2.33. The number of nitrogens with one attached hydrogen (secondary N) is 4. The molecule has 0 aromatic carbocycles. The molecule has 0 bridgehead atoms. The molecule has 0 amide bonds. The molecule has 2 aliphatic rings. The van der Waals surface area contributed by atoms with Gasteiger partial charge in [-0.15, -0.1) is 0 Å². The van der Waals surface area contributed by atoms with Crippen LogP contribution >= 0.6 is 0 Å². The highest BCUT2D eigenvalue weighted by molar-refractivity contribution is 5.83. The third-order valence-electron chi connectivity index (χ3n) is 5.14. The molecule has 0 radical (unpaired) electrons. The number of aromatic amines is 2. The normalized spacial score (nSPS) is 24.7. The summed E-state index contributed by atoms with van der Waals surface area (Å²) in [6.07, 6.45) is 9.83. The van der Waals surface area contributed by atoms with Gasteiger partial charge < -0.3 is 21.4 Å². The quantitative estimate of drug-likeness (QED) is 0.487. The second-order valence-corrected chi connectivity index (χ2v) is 7.28. The smallest absolute Gasteiger partial charge is 0.197 e. The Kier molecular flexibility index (Phi) is 3.54. The Morgan fingerprint density at radius 3 is 3.07 bits per heavy atom. The fourth-order valence-corrected chi connectivity index (χ4v) is 3.35. The van der Waals surface area contributed by atoms with Crippen LogP contribution in [0.2, 0.25) is 0 Å². The van der Waals surface area contributed by atoms with Crippen molar-refractivity contribution in [3.8, 4) is 0 Å². The molecule has 1 aliphatic heterocycles. The molecule has 0 saturated heterocycles. The molecule has 8 heteroatoms. The summed E-state index contributed by atoms with van der Waals surface area (Å²) in [4.78, 5) is 12.4. The van der Waals surface area contributed by atoms with Crippen molar-refractivity contribution in [2.24, 2.45) is 10.7 Å². The minimum Gasteiger partial charge on any atom is -0.360 e. The van der Waals surface area contributed by atoms with Crippen LogP contribution in [-0.2, 0) is 5.66 Å². The molecule has 3 aromatic heterocycles. The monoisotopic (exact) mass is 362 g/mol. The van der Waals surface area contributed by atoms with E-state index in [4.69, 9.17) is 10.7 Å². The first-order valence-electron chi connectivity index (χ1n) is 9.19. The SMILES string of the molecule is CC(N=C1NC=CC(N)(c2cc(C3CC3)[nH]n2)N1)c1cc2cc[nH]c2cn1. The van der Waals surface area contributed by atoms with Gasteiger partial charge in [0.15, 0.2) is 11.6 Å². The maximum absolute atomic E-state index is 6.56. The number of nitrogens with zero attached hydrogens (tertiary/aromatic N) is 3. The largest absolute Gasteiger partial charge is 0.360 e. The topological polar surface area (TPSA) is 120 Å². The van der Waals surface area contributed by atoms with Gasteiger partial charge in [-0.25, -0.2) is 4.99 Å². The van der Waals surface area contributed by atoms with Crippen LogP contribution in [0.3, 0.4) is 0 Å². The minimum absolute atomic E-state index is 0.128. The van der Waals surface area contributed by atoms with Crippen molar-refractivity contribution in [1.29, 1.82) is 0 Å². The van der Waals surface area contributed by atoms with Crippen molar-refractivity contribution in [2.45, 2.75) is 37.4 Å². The number of nitrogens with two attached hydrogens (primary N) is 1. The van der Waals surface area contributed by atoms with Gasteiger partial charge in [-0.3, -0.25) is 10.1 Å². The Labute approximate surface area is 156 Å². The lowest BCUT2D eigenvalue weighted by molar-refractivity contribution is 0.482. The third-order valence-corrected chi connectivity index (χ3v) is 5.14. The zero-order valence-electron chi connectivity index (χ0n) is 15.0. The van der Waals surface area contributed by atoms with E-state index >= 15 is 0 Å². The van der Waals surface area contributed by atoms with Gasteiger partial charge in [0, 0.05) is 29.4 Å². The van der Waals surface area contributed by atoms with Gasteiger partial charge in [0.1, 0.15) is 5.69 Å². The number of H-pyrrole nitrogens is 2. The molecular weight excluding hydrogens is 340 g/mol. The zero-order chi connectivity index (χ0) is 18.4. The molecule has 27 heavy (non-hydrogen) atoms. The van der Waals surface area contributed by atoms with E-state index in [2.05, 4.69) is 30.8 Å². The number of guanidine groups is 1. The van der Waals surface area contributed by atoms with E-state index in [0.29, 0.717) is 11.9 Å². The number of hydrogen-bond acceptors (Lipinski definition) is 4. The van der Waals surface area contributed by atoms with Crippen LogP contribution < -0.4 is 16.4 Å². The Balaban J connectivity index is 1.38. The highest BCUT2D eigenvalue weighted by Crippen LogP contribution is 2.39. The summed E-state index contributed by atoms with van der Waals surface area (Å²) in [5, 5.41) is 15.0. The third kappa shape index (κ3) is 2.97. The number of rotatable bonds is 4. The van der Waals surface area contributed by atoms with Crippen molar-refractivity contribution in [3.05, 3.63) is 60.0 Å². The van der Waals surface area contributed by atoms with Crippen LogP contribution in [0.4, 0.5) is 0 Å². The van der Waals surface area contributed by atoms with Gasteiger partial charge >= 0.3 is 0 Å². The summed E-state index contributed by atoms with van der Waals surface area (Å²) >= 11 is 0. The minimum atomic E-state index is -0.897. The molecule has 0 spiro atoms. The highest BCUT2D eigenvalue weighted by atomic mass is 15.3. The summed E-state index contributed by atoms with van der Waals surface area (Å²) in [7, 11) is 0. The average Bonchev–Trinajstić information content (AvgIpc) is 3.19. The number of hydrogen-bond donors (Lipinski definition) is 5. The molecule has 6 N–H and O–H groups in total. The van der Waals surface area contributed by atoms with Crippen molar-refractivity contribution in [3.63, 3.8) is 0 Å². The van der Waals surface area contributed by atoms with Gasteiger partial charge in [0.25, 0.3) is 0 Å². The van der Waals surface area contributed by atoms with Gasteiger partial charge in [0.2, 0.25) is 0 Å². The molecule has 2 atom stereocenters. The van der Waals surface area contributed by atoms with Crippen LogP contribution in [0.15, 0.2) is 47.9 Å². The van der Waals surface area contributed by atoms with E-state index in [1.54, 1.807) is 6.20 Å². The van der Waals surface area contributed by atoms with E-state index in [-0.39, 0.29) is 6.04 Å². The van der Waals surface area contributed by atoms with Crippen molar-refractivity contribution >= 4 is 16.9 Å². The van der Waals surface area contributed by atoms with Gasteiger partial charge in [-0.2, -0.15) is 5.10 Å². The van der Waals surface area contributed by atoms with Crippen molar-refractivity contribution < 1.29 is 0 Å². The van der Waals surface area contributed by atoms with Crippen LogP contribution in [0.25, 0.3) is 10.9 Å². The van der Waals surface area contributed by atoms with Gasteiger partial charge in [-0.05, 0) is 44.0 Å². The zero-order valence-corrected chi connectivity index (χ0v) is 15.0. The van der Waals surface area contributed by atoms with Crippen molar-refractivity contribution in [2.75, 3.05) is 0 Å². The predicted molar refractivity (Wildman–Crippen MR) is 104 cm³/mol. The lowest BCUT2D eigenvalue weighted by Crippen LogP contribution is -2.57. The first kappa shape index (κ1) is 16.1. The average molecular weight is 362 g/mol. The fraction of sp³-hybridized carbons (Fsp3) is 0.316. The maximum Gasteiger partial charge on any atom is 0.197 e. The molecular formula is C19H22N8. The molecule has 138 valence electrons.